The molecule has 0 radical (unpaired) electrons. The predicted octanol–water partition coefficient (Wildman–Crippen LogP) is 6.44. The Morgan fingerprint density at radius 1 is 1.03 bits per heavy atom. The third kappa shape index (κ3) is 5.49. The molecule has 0 N–H and O–H groups in total. The lowest BCUT2D eigenvalue weighted by molar-refractivity contribution is 0.104. The lowest BCUT2D eigenvalue weighted by atomic mass is 10.1. The average molecular weight is 407 g/mol. The molecule has 0 heterocycles. The van der Waals surface area contributed by atoms with Gasteiger partial charge in [-0.05, 0) is 67.4 Å². The van der Waals surface area contributed by atoms with Gasteiger partial charge in [-0.25, -0.2) is 0 Å². The third-order valence-corrected chi connectivity index (χ3v) is 4.98. The minimum absolute atomic E-state index is 0.0287. The van der Waals surface area contributed by atoms with Crippen molar-refractivity contribution in [2.45, 2.75) is 20.5 Å². The number of benzene rings is 3. The lowest BCUT2D eigenvalue weighted by Crippen LogP contribution is -2.00. The van der Waals surface area contributed by atoms with Gasteiger partial charge in [0.15, 0.2) is 5.78 Å². The van der Waals surface area contributed by atoms with Crippen LogP contribution in [0.3, 0.4) is 0 Å². The Morgan fingerprint density at radius 2 is 1.86 bits per heavy atom. The van der Waals surface area contributed by atoms with Crippen LogP contribution in [0.1, 0.15) is 32.6 Å². The van der Waals surface area contributed by atoms with Gasteiger partial charge in [-0.3, -0.25) is 4.79 Å². The molecule has 0 aliphatic heterocycles. The highest BCUT2D eigenvalue weighted by molar-refractivity contribution is 6.31. The van der Waals surface area contributed by atoms with Crippen molar-refractivity contribution in [1.82, 2.24) is 0 Å². The Morgan fingerprint density at radius 3 is 2.59 bits per heavy atom. The molecule has 3 nitrogen and oxygen atoms in total. The highest BCUT2D eigenvalue weighted by Crippen LogP contribution is 2.25. The number of rotatable bonds is 7. The van der Waals surface area contributed by atoms with Gasteiger partial charge in [0, 0.05) is 16.1 Å². The van der Waals surface area contributed by atoms with Crippen molar-refractivity contribution in [3.8, 4) is 11.5 Å². The van der Waals surface area contributed by atoms with Gasteiger partial charge in [-0.15, -0.1) is 0 Å². The van der Waals surface area contributed by atoms with E-state index in [4.69, 9.17) is 21.1 Å². The normalized spacial score (nSPS) is 10.9. The summed E-state index contributed by atoms with van der Waals surface area (Å²) in [4.78, 5) is 12.4. The Kier molecular flexibility index (Phi) is 6.73. The van der Waals surface area contributed by atoms with Crippen LogP contribution in [0.15, 0.2) is 66.7 Å². The van der Waals surface area contributed by atoms with E-state index in [-0.39, 0.29) is 5.78 Å². The van der Waals surface area contributed by atoms with E-state index in [1.807, 2.05) is 74.5 Å². The summed E-state index contributed by atoms with van der Waals surface area (Å²) in [5.74, 6) is 1.45. The van der Waals surface area contributed by atoms with E-state index in [0.717, 1.165) is 33.8 Å². The molecule has 0 aliphatic rings. The first-order chi connectivity index (χ1) is 14.0. The molecule has 0 fully saturated rings. The minimum atomic E-state index is -0.0287. The first-order valence-corrected chi connectivity index (χ1v) is 9.69. The fourth-order valence-electron chi connectivity index (χ4n) is 2.95. The molecule has 0 spiro atoms. The summed E-state index contributed by atoms with van der Waals surface area (Å²) in [5.41, 5.74) is 4.49. The number of aryl methyl sites for hydroxylation is 2. The van der Waals surface area contributed by atoms with Crippen molar-refractivity contribution in [2.75, 3.05) is 7.11 Å². The van der Waals surface area contributed by atoms with Gasteiger partial charge in [-0.1, -0.05) is 47.5 Å². The molecule has 29 heavy (non-hydrogen) atoms. The number of carbonyl (C=O) groups excluding carboxylic acids is 1. The summed E-state index contributed by atoms with van der Waals surface area (Å²) in [7, 11) is 1.63. The molecule has 4 heteroatoms. The van der Waals surface area contributed by atoms with Crippen LogP contribution in [0, 0.1) is 13.8 Å². The molecule has 0 aliphatic carbocycles. The van der Waals surface area contributed by atoms with E-state index in [2.05, 4.69) is 0 Å². The molecule has 0 unspecified atom stereocenters. The molecule has 0 saturated carbocycles. The van der Waals surface area contributed by atoms with Crippen molar-refractivity contribution in [3.05, 3.63) is 99.6 Å². The number of methoxy groups -OCH3 is 1. The Labute approximate surface area is 176 Å². The number of hydrogen-bond donors (Lipinski definition) is 0. The molecule has 0 aromatic heterocycles. The van der Waals surface area contributed by atoms with Crippen LogP contribution < -0.4 is 9.47 Å². The van der Waals surface area contributed by atoms with Crippen LogP contribution in [0.2, 0.25) is 5.02 Å². The van der Waals surface area contributed by atoms with E-state index in [9.17, 15) is 4.79 Å². The van der Waals surface area contributed by atoms with Crippen molar-refractivity contribution in [3.63, 3.8) is 0 Å². The highest BCUT2D eigenvalue weighted by Gasteiger charge is 2.07. The molecular formula is C25H23ClO3. The number of carbonyl (C=O) groups is 1. The highest BCUT2D eigenvalue weighted by atomic mass is 35.5. The second-order valence-electron chi connectivity index (χ2n) is 6.84. The quantitative estimate of drug-likeness (QED) is 0.334. The molecule has 0 saturated heterocycles. The van der Waals surface area contributed by atoms with Gasteiger partial charge >= 0.3 is 0 Å². The summed E-state index contributed by atoms with van der Waals surface area (Å²) in [5, 5.41) is 0.709. The second-order valence-corrected chi connectivity index (χ2v) is 7.25. The maximum atomic E-state index is 12.4. The second kappa shape index (κ2) is 9.44. The van der Waals surface area contributed by atoms with E-state index in [0.29, 0.717) is 17.2 Å². The zero-order chi connectivity index (χ0) is 20.8. The van der Waals surface area contributed by atoms with Gasteiger partial charge in [0.1, 0.15) is 18.1 Å². The van der Waals surface area contributed by atoms with Crippen molar-refractivity contribution in [1.29, 1.82) is 0 Å². The van der Waals surface area contributed by atoms with E-state index in [1.54, 1.807) is 19.3 Å². The van der Waals surface area contributed by atoms with Crippen LogP contribution in [0.25, 0.3) is 6.08 Å². The maximum absolute atomic E-state index is 12.4. The summed E-state index contributed by atoms with van der Waals surface area (Å²) >= 11 is 6.07. The Balaban J connectivity index is 1.75. The van der Waals surface area contributed by atoms with Crippen LogP contribution in [0.4, 0.5) is 0 Å². The van der Waals surface area contributed by atoms with Gasteiger partial charge in [0.2, 0.25) is 0 Å². The molecule has 0 amide bonds. The van der Waals surface area contributed by atoms with Crippen LogP contribution in [0.5, 0.6) is 11.5 Å². The first-order valence-electron chi connectivity index (χ1n) is 9.31. The smallest absolute Gasteiger partial charge is 0.185 e. The van der Waals surface area contributed by atoms with E-state index < -0.39 is 0 Å². The van der Waals surface area contributed by atoms with E-state index in [1.165, 1.54) is 0 Å². The maximum Gasteiger partial charge on any atom is 0.185 e. The Bertz CT molecular complexity index is 1050. The number of halogens is 1. The number of ether oxygens (including phenoxy) is 2. The van der Waals surface area contributed by atoms with Gasteiger partial charge in [0.25, 0.3) is 0 Å². The SMILES string of the molecule is COc1ccc(/C=C/C(=O)c2cccc(C)c2)cc1COc1ccc(Cl)c(C)c1. The number of hydrogen-bond acceptors (Lipinski definition) is 3. The molecule has 3 rings (SSSR count). The molecule has 0 atom stereocenters. The molecular weight excluding hydrogens is 384 g/mol. The first kappa shape index (κ1) is 20.7. The molecule has 0 bridgehead atoms. The van der Waals surface area contributed by atoms with E-state index >= 15 is 0 Å². The molecule has 3 aromatic carbocycles. The Hall–Kier alpha value is -3.04. The van der Waals surface area contributed by atoms with Crippen LogP contribution >= 0.6 is 11.6 Å². The minimum Gasteiger partial charge on any atom is -0.496 e. The lowest BCUT2D eigenvalue weighted by Gasteiger charge is -2.12. The number of allylic oxidation sites excluding steroid dienone is 1. The van der Waals surface area contributed by atoms with Crippen LogP contribution in [-0.4, -0.2) is 12.9 Å². The van der Waals surface area contributed by atoms with Gasteiger partial charge < -0.3 is 9.47 Å². The zero-order valence-electron chi connectivity index (χ0n) is 16.7. The van der Waals surface area contributed by atoms with Gasteiger partial charge in [-0.2, -0.15) is 0 Å². The predicted molar refractivity (Wildman–Crippen MR) is 118 cm³/mol. The summed E-state index contributed by atoms with van der Waals surface area (Å²) in [6.45, 7) is 4.25. The third-order valence-electron chi connectivity index (χ3n) is 4.56. The average Bonchev–Trinajstić information content (AvgIpc) is 2.73. The monoisotopic (exact) mass is 406 g/mol. The summed E-state index contributed by atoms with van der Waals surface area (Å²) in [6.07, 6.45) is 3.39. The fraction of sp³-hybridized carbons (Fsp3) is 0.160. The zero-order valence-corrected chi connectivity index (χ0v) is 17.5. The number of ketones is 1. The standard InChI is InChI=1S/C25H23ClO3/c1-17-5-4-6-20(13-17)24(27)11-7-19-8-12-25(28-3)21(15-19)16-29-22-9-10-23(26)18(2)14-22/h4-15H,16H2,1-3H3/b11-7+. The van der Waals surface area contributed by atoms with Crippen molar-refractivity contribution in [2.24, 2.45) is 0 Å². The molecule has 3 aromatic rings. The molecule has 148 valence electrons. The largest absolute Gasteiger partial charge is 0.496 e. The van der Waals surface area contributed by atoms with Crippen LogP contribution in [-0.2, 0) is 6.61 Å². The fourth-order valence-corrected chi connectivity index (χ4v) is 3.07. The topological polar surface area (TPSA) is 35.5 Å². The summed E-state index contributed by atoms with van der Waals surface area (Å²) < 4.78 is 11.4. The van der Waals surface area contributed by atoms with Crippen molar-refractivity contribution >= 4 is 23.5 Å². The van der Waals surface area contributed by atoms with Crippen molar-refractivity contribution < 1.29 is 14.3 Å². The summed E-state index contributed by atoms with van der Waals surface area (Å²) in [6, 6.07) is 18.9. The van der Waals surface area contributed by atoms with Gasteiger partial charge in [0.05, 0.1) is 7.11 Å².